The molecule has 1 aliphatic rings. The van der Waals surface area contributed by atoms with Crippen molar-refractivity contribution in [1.29, 1.82) is 0 Å². The van der Waals surface area contributed by atoms with Crippen LogP contribution in [0.4, 0.5) is 0 Å². The molecule has 0 aromatic heterocycles. The van der Waals surface area contributed by atoms with Crippen molar-refractivity contribution in [3.05, 3.63) is 0 Å². The lowest BCUT2D eigenvalue weighted by Gasteiger charge is -2.21. The van der Waals surface area contributed by atoms with Gasteiger partial charge in [0.1, 0.15) is 0 Å². The average Bonchev–Trinajstić information content (AvgIpc) is 1.88. The van der Waals surface area contributed by atoms with Crippen LogP contribution in [-0.2, 0) is 4.43 Å². The molecule has 0 N–H and O–H groups in total. The zero-order valence-electron chi connectivity index (χ0n) is 7.10. The molecule has 1 saturated heterocycles. The van der Waals surface area contributed by atoms with Crippen molar-refractivity contribution in [1.82, 2.24) is 0 Å². The Kier molecular flexibility index (Phi) is 3.66. The van der Waals surface area contributed by atoms with Gasteiger partial charge in [0.2, 0.25) is 0 Å². The fraction of sp³-hybridized carbons (Fsp3) is 1.00. The van der Waals surface area contributed by atoms with Crippen LogP contribution < -0.4 is 0 Å². The summed E-state index contributed by atoms with van der Waals surface area (Å²) in [7, 11) is -0.929. The van der Waals surface area contributed by atoms with Crippen molar-refractivity contribution in [3.63, 3.8) is 0 Å². The molecule has 1 heterocycles. The van der Waals surface area contributed by atoms with Crippen molar-refractivity contribution in [2.45, 2.75) is 37.6 Å². The first kappa shape index (κ1) is 8.49. The van der Waals surface area contributed by atoms with Crippen LogP contribution in [0.1, 0.15) is 12.8 Å². The lowest BCUT2D eigenvalue weighted by Crippen LogP contribution is -2.27. The van der Waals surface area contributed by atoms with E-state index >= 15 is 0 Å². The minimum Gasteiger partial charge on any atom is -0.420 e. The summed E-state index contributed by atoms with van der Waals surface area (Å²) in [6.07, 6.45) is 2.78. The summed E-state index contributed by atoms with van der Waals surface area (Å²) in [6, 6.07) is 1.46. The Balaban J connectivity index is 2.13. The highest BCUT2D eigenvalue weighted by Gasteiger charge is 2.17. The Morgan fingerprint density at radius 2 is 2.20 bits per heavy atom. The van der Waals surface area contributed by atoms with E-state index < -0.39 is 9.04 Å². The Morgan fingerprint density at radius 1 is 1.40 bits per heavy atom. The van der Waals surface area contributed by atoms with Crippen LogP contribution in [-0.4, -0.2) is 24.4 Å². The first-order valence-electron chi connectivity index (χ1n) is 4.40. The van der Waals surface area contributed by atoms with E-state index in [0.29, 0.717) is 0 Å². The zero-order chi connectivity index (χ0) is 7.40. The van der Waals surface area contributed by atoms with Crippen LogP contribution in [0, 0.1) is 0 Å². The molecule has 0 radical (unpaired) electrons. The molecule has 1 nitrogen and oxygen atoms in total. The van der Waals surface area contributed by atoms with Crippen molar-refractivity contribution in [2.75, 3.05) is 6.61 Å². The van der Waals surface area contributed by atoms with Crippen LogP contribution in [0.3, 0.4) is 0 Å². The van der Waals surface area contributed by atoms with Gasteiger partial charge in [-0.3, -0.25) is 0 Å². The van der Waals surface area contributed by atoms with Gasteiger partial charge < -0.3 is 4.43 Å². The number of hydrogen-bond acceptors (Lipinski definition) is 1. The second-order valence-corrected chi connectivity index (χ2v) is 10.4. The normalized spacial score (nSPS) is 27.3. The van der Waals surface area contributed by atoms with Crippen LogP contribution in [0.5, 0.6) is 0 Å². The SMILES string of the molecule is C[SiH](C)C[SiH]1CCCCO1. The Hall–Kier alpha value is 0.394. The van der Waals surface area contributed by atoms with Gasteiger partial charge in [0.25, 0.3) is 0 Å². The van der Waals surface area contributed by atoms with Crippen molar-refractivity contribution in [3.8, 4) is 0 Å². The highest BCUT2D eigenvalue weighted by Crippen LogP contribution is 2.14. The Labute approximate surface area is 67.1 Å². The predicted molar refractivity (Wildman–Crippen MR) is 50.8 cm³/mol. The molecular weight excluding hydrogens is 156 g/mol. The van der Waals surface area contributed by atoms with Gasteiger partial charge in [0, 0.05) is 15.4 Å². The summed E-state index contributed by atoms with van der Waals surface area (Å²) in [5.41, 5.74) is 1.53. The van der Waals surface area contributed by atoms with E-state index in [-0.39, 0.29) is 8.80 Å². The summed E-state index contributed by atoms with van der Waals surface area (Å²) in [4.78, 5) is 0. The Bertz CT molecular complexity index is 89.6. The van der Waals surface area contributed by atoms with Gasteiger partial charge in [-0.05, 0) is 18.1 Å². The fourth-order valence-electron chi connectivity index (χ4n) is 1.52. The maximum absolute atomic E-state index is 5.76. The highest BCUT2D eigenvalue weighted by atomic mass is 28.3. The number of hydrogen-bond donors (Lipinski definition) is 0. The molecule has 0 aromatic rings. The monoisotopic (exact) mass is 174 g/mol. The highest BCUT2D eigenvalue weighted by molar-refractivity contribution is 6.73. The van der Waals surface area contributed by atoms with E-state index in [4.69, 9.17) is 4.43 Å². The average molecular weight is 174 g/mol. The first-order chi connectivity index (χ1) is 4.79. The third kappa shape index (κ3) is 2.99. The van der Waals surface area contributed by atoms with E-state index in [1.54, 1.807) is 0 Å². The smallest absolute Gasteiger partial charge is 0.174 e. The summed E-state index contributed by atoms with van der Waals surface area (Å²) < 4.78 is 5.76. The molecule has 1 unspecified atom stereocenters. The number of rotatable bonds is 2. The largest absolute Gasteiger partial charge is 0.420 e. The van der Waals surface area contributed by atoms with Gasteiger partial charge in [-0.15, -0.1) is 0 Å². The molecule has 0 amide bonds. The molecule has 0 aromatic carbocycles. The van der Waals surface area contributed by atoms with Crippen molar-refractivity contribution < 1.29 is 4.43 Å². The standard InChI is InChI=1S/C7H18OSi2/c1-9(2)7-10-6-4-3-5-8-10/h9-10H,3-7H2,1-2H3. The van der Waals surface area contributed by atoms with E-state index in [1.165, 1.54) is 24.6 Å². The third-order valence-electron chi connectivity index (χ3n) is 2.01. The Morgan fingerprint density at radius 3 is 2.70 bits per heavy atom. The third-order valence-corrected chi connectivity index (χ3v) is 9.64. The molecule has 3 heteroatoms. The van der Waals surface area contributed by atoms with E-state index in [2.05, 4.69) is 13.1 Å². The van der Waals surface area contributed by atoms with Gasteiger partial charge in [-0.1, -0.05) is 19.5 Å². The molecule has 10 heavy (non-hydrogen) atoms. The maximum Gasteiger partial charge on any atom is 0.174 e. The van der Waals surface area contributed by atoms with Gasteiger partial charge in [0.05, 0.1) is 0 Å². The van der Waals surface area contributed by atoms with Crippen LogP contribution >= 0.6 is 0 Å². The molecule has 0 spiro atoms. The predicted octanol–water partition coefficient (Wildman–Crippen LogP) is 1.55. The first-order valence-corrected chi connectivity index (χ1v) is 9.63. The van der Waals surface area contributed by atoms with Crippen molar-refractivity contribution >= 4 is 17.8 Å². The molecule has 0 saturated carbocycles. The summed E-state index contributed by atoms with van der Waals surface area (Å²) in [6.45, 7) is 5.95. The minimum atomic E-state index is -0.622. The molecule has 1 atom stereocenters. The maximum atomic E-state index is 5.76. The van der Waals surface area contributed by atoms with Gasteiger partial charge in [0.15, 0.2) is 9.04 Å². The van der Waals surface area contributed by atoms with Crippen LogP contribution in [0.25, 0.3) is 0 Å². The van der Waals surface area contributed by atoms with E-state index in [9.17, 15) is 0 Å². The second-order valence-electron chi connectivity index (χ2n) is 3.62. The molecule has 1 fully saturated rings. The summed E-state index contributed by atoms with van der Waals surface area (Å²) in [5.74, 6) is 0. The molecule has 1 rings (SSSR count). The molecular formula is C7H18OSi2. The van der Waals surface area contributed by atoms with Gasteiger partial charge in [-0.2, -0.15) is 0 Å². The molecule has 60 valence electrons. The van der Waals surface area contributed by atoms with Gasteiger partial charge >= 0.3 is 0 Å². The fourth-order valence-corrected chi connectivity index (χ4v) is 8.62. The van der Waals surface area contributed by atoms with E-state index in [0.717, 1.165) is 6.61 Å². The van der Waals surface area contributed by atoms with Crippen LogP contribution in [0.2, 0.25) is 24.8 Å². The minimum absolute atomic E-state index is 0.307. The molecule has 0 aliphatic carbocycles. The lowest BCUT2D eigenvalue weighted by molar-refractivity contribution is 0.289. The quantitative estimate of drug-likeness (QED) is 0.577. The lowest BCUT2D eigenvalue weighted by atomic mass is 10.4. The van der Waals surface area contributed by atoms with Gasteiger partial charge in [-0.25, -0.2) is 0 Å². The topological polar surface area (TPSA) is 9.23 Å². The molecule has 0 bridgehead atoms. The summed E-state index contributed by atoms with van der Waals surface area (Å²) >= 11 is 0. The second kappa shape index (κ2) is 4.31. The molecule has 1 aliphatic heterocycles. The van der Waals surface area contributed by atoms with E-state index in [1.807, 2.05) is 0 Å². The van der Waals surface area contributed by atoms with Crippen LogP contribution in [0.15, 0.2) is 0 Å². The summed E-state index contributed by atoms with van der Waals surface area (Å²) in [5, 5.41) is 0. The zero-order valence-corrected chi connectivity index (χ0v) is 9.41. The van der Waals surface area contributed by atoms with Crippen molar-refractivity contribution in [2.24, 2.45) is 0 Å².